The van der Waals surface area contributed by atoms with Crippen molar-refractivity contribution in [2.24, 2.45) is 5.92 Å². The Hall–Kier alpha value is -3.38. The second-order valence-corrected chi connectivity index (χ2v) is 6.70. The van der Waals surface area contributed by atoms with Gasteiger partial charge in [0.05, 0.1) is 5.56 Å². The number of carbonyl (C=O) groups is 2. The number of para-hydroxylation sites is 1. The molecule has 2 heterocycles. The van der Waals surface area contributed by atoms with E-state index in [1.54, 1.807) is 49.4 Å². The number of hydrogen-bond acceptors (Lipinski definition) is 6. The van der Waals surface area contributed by atoms with E-state index in [0.717, 1.165) is 5.39 Å². The summed E-state index contributed by atoms with van der Waals surface area (Å²) < 4.78 is 16.6. The molecule has 0 saturated carbocycles. The van der Waals surface area contributed by atoms with E-state index in [4.69, 9.17) is 13.9 Å². The number of fused-ring (bicyclic) bond motifs is 1. The molecule has 0 bridgehead atoms. The topological polar surface area (TPSA) is 86.0 Å². The molecule has 0 spiro atoms. The molecule has 2 atom stereocenters. The molecule has 1 aliphatic heterocycles. The van der Waals surface area contributed by atoms with Crippen molar-refractivity contribution in [3.05, 3.63) is 77.6 Å². The van der Waals surface area contributed by atoms with Crippen LogP contribution in [0, 0.1) is 5.92 Å². The average Bonchev–Trinajstić information content (AvgIpc) is 3.14. The molecule has 142 valence electrons. The summed E-state index contributed by atoms with van der Waals surface area (Å²) in [7, 11) is 0. The Morgan fingerprint density at radius 1 is 1.11 bits per heavy atom. The molecule has 0 aliphatic carbocycles. The molecule has 0 amide bonds. The van der Waals surface area contributed by atoms with Crippen molar-refractivity contribution in [1.82, 2.24) is 0 Å². The zero-order valence-corrected chi connectivity index (χ0v) is 15.3. The second kappa shape index (κ2) is 6.65. The summed E-state index contributed by atoms with van der Waals surface area (Å²) >= 11 is 0. The van der Waals surface area contributed by atoms with Crippen molar-refractivity contribution in [2.75, 3.05) is 0 Å². The minimum atomic E-state index is -2.16. The van der Waals surface area contributed by atoms with E-state index >= 15 is 0 Å². The highest BCUT2D eigenvalue weighted by Gasteiger charge is 2.51. The van der Waals surface area contributed by atoms with Crippen molar-refractivity contribution in [1.29, 1.82) is 0 Å². The third kappa shape index (κ3) is 2.88. The highest BCUT2D eigenvalue weighted by atomic mass is 16.7. The van der Waals surface area contributed by atoms with Crippen molar-refractivity contribution >= 4 is 28.7 Å². The molecule has 0 radical (unpaired) electrons. The van der Waals surface area contributed by atoms with Crippen molar-refractivity contribution in [3.8, 4) is 0 Å². The first-order chi connectivity index (χ1) is 13.4. The maximum atomic E-state index is 12.5. The van der Waals surface area contributed by atoms with E-state index in [-0.39, 0.29) is 22.7 Å². The average molecular weight is 378 g/mol. The summed E-state index contributed by atoms with van der Waals surface area (Å²) in [4.78, 5) is 24.9. The Kier molecular flexibility index (Phi) is 4.28. The summed E-state index contributed by atoms with van der Waals surface area (Å²) in [5.41, 5.74) is 1.06. The standard InChI is InChI=1S/C22H18O6/c1-13-19(18-12-16-10-6-7-11-17(16)26-18)27-20(23)14(2)22(13,25)28-21(24)15-8-4-3-5-9-15/h3-12,14,25H,1-2H3. The molecule has 4 rings (SSSR count). The van der Waals surface area contributed by atoms with Gasteiger partial charge in [-0.2, -0.15) is 0 Å². The minimum Gasteiger partial charge on any atom is -0.453 e. The van der Waals surface area contributed by atoms with E-state index in [9.17, 15) is 14.7 Å². The predicted molar refractivity (Wildman–Crippen MR) is 101 cm³/mol. The highest BCUT2D eigenvalue weighted by Crippen LogP contribution is 2.41. The molecule has 0 fully saturated rings. The maximum absolute atomic E-state index is 12.5. The Balaban J connectivity index is 1.77. The van der Waals surface area contributed by atoms with Crippen LogP contribution in [0.25, 0.3) is 16.7 Å². The Bertz CT molecular complexity index is 1060. The molecule has 2 unspecified atom stereocenters. The van der Waals surface area contributed by atoms with Crippen LogP contribution < -0.4 is 0 Å². The van der Waals surface area contributed by atoms with Crippen LogP contribution in [-0.4, -0.2) is 22.8 Å². The first-order valence-electron chi connectivity index (χ1n) is 8.83. The van der Waals surface area contributed by atoms with Crippen LogP contribution >= 0.6 is 0 Å². The van der Waals surface area contributed by atoms with Gasteiger partial charge in [-0.15, -0.1) is 0 Å². The number of furan rings is 1. The molecule has 2 aromatic carbocycles. The van der Waals surface area contributed by atoms with Gasteiger partial charge >= 0.3 is 11.9 Å². The van der Waals surface area contributed by atoms with E-state index in [1.807, 2.05) is 18.2 Å². The Labute approximate surface area is 161 Å². The third-order valence-electron chi connectivity index (χ3n) is 4.93. The molecule has 1 N–H and O–H groups in total. The number of benzene rings is 2. The number of ether oxygens (including phenoxy) is 2. The van der Waals surface area contributed by atoms with Gasteiger partial charge in [0.1, 0.15) is 11.5 Å². The number of rotatable bonds is 3. The third-order valence-corrected chi connectivity index (χ3v) is 4.93. The molecule has 1 aliphatic rings. The number of carbonyl (C=O) groups excluding carboxylic acids is 2. The van der Waals surface area contributed by atoms with Crippen LogP contribution in [0.15, 0.2) is 70.7 Å². The van der Waals surface area contributed by atoms with Crippen LogP contribution in [0.4, 0.5) is 0 Å². The molecule has 1 aromatic heterocycles. The van der Waals surface area contributed by atoms with Crippen LogP contribution in [0.2, 0.25) is 0 Å². The lowest BCUT2D eigenvalue weighted by Gasteiger charge is -2.37. The van der Waals surface area contributed by atoms with Crippen LogP contribution in [-0.2, 0) is 14.3 Å². The lowest BCUT2D eigenvalue weighted by molar-refractivity contribution is -0.193. The van der Waals surface area contributed by atoms with Crippen molar-refractivity contribution < 1.29 is 28.6 Å². The zero-order valence-electron chi connectivity index (χ0n) is 15.3. The second-order valence-electron chi connectivity index (χ2n) is 6.70. The van der Waals surface area contributed by atoms with Gasteiger partial charge < -0.3 is 19.0 Å². The molecule has 6 nitrogen and oxygen atoms in total. The molecule has 6 heteroatoms. The summed E-state index contributed by atoms with van der Waals surface area (Å²) in [6.07, 6.45) is 0. The highest BCUT2D eigenvalue weighted by molar-refractivity contribution is 5.92. The fourth-order valence-corrected chi connectivity index (χ4v) is 3.18. The van der Waals surface area contributed by atoms with Gasteiger partial charge in [-0.1, -0.05) is 36.4 Å². The van der Waals surface area contributed by atoms with Crippen LogP contribution in [0.3, 0.4) is 0 Å². The minimum absolute atomic E-state index is 0.0441. The molecule has 3 aromatic rings. The number of hydrogen-bond donors (Lipinski definition) is 1. The van der Waals surface area contributed by atoms with Gasteiger partial charge in [0, 0.05) is 11.0 Å². The lowest BCUT2D eigenvalue weighted by Crippen LogP contribution is -2.49. The Morgan fingerprint density at radius 3 is 2.50 bits per heavy atom. The molecule has 28 heavy (non-hydrogen) atoms. The van der Waals surface area contributed by atoms with E-state index in [0.29, 0.717) is 5.58 Å². The predicted octanol–water partition coefficient (Wildman–Crippen LogP) is 3.90. The summed E-state index contributed by atoms with van der Waals surface area (Å²) in [6.45, 7) is 2.99. The van der Waals surface area contributed by atoms with Gasteiger partial charge in [-0.25, -0.2) is 4.79 Å². The molecular weight excluding hydrogens is 360 g/mol. The summed E-state index contributed by atoms with van der Waals surface area (Å²) in [6, 6.07) is 17.3. The van der Waals surface area contributed by atoms with Crippen LogP contribution in [0.5, 0.6) is 0 Å². The molecule has 0 saturated heterocycles. The van der Waals surface area contributed by atoms with E-state index < -0.39 is 23.6 Å². The first-order valence-corrected chi connectivity index (χ1v) is 8.83. The van der Waals surface area contributed by atoms with Gasteiger partial charge in [-0.05, 0) is 38.1 Å². The zero-order chi connectivity index (χ0) is 19.9. The SMILES string of the molecule is CC1=C(c2cc3ccccc3o2)OC(=O)C(C)C1(O)OC(=O)c1ccccc1. The number of esters is 2. The van der Waals surface area contributed by atoms with Gasteiger partial charge in [0.15, 0.2) is 11.5 Å². The largest absolute Gasteiger partial charge is 0.453 e. The fourth-order valence-electron chi connectivity index (χ4n) is 3.18. The van der Waals surface area contributed by atoms with Gasteiger partial charge in [0.2, 0.25) is 0 Å². The van der Waals surface area contributed by atoms with Crippen molar-refractivity contribution in [2.45, 2.75) is 19.6 Å². The van der Waals surface area contributed by atoms with Crippen molar-refractivity contribution in [3.63, 3.8) is 0 Å². The van der Waals surface area contributed by atoms with E-state index in [1.165, 1.54) is 6.92 Å². The quantitative estimate of drug-likeness (QED) is 0.549. The first kappa shape index (κ1) is 18.0. The smallest absolute Gasteiger partial charge is 0.340 e. The Morgan fingerprint density at radius 2 is 1.79 bits per heavy atom. The maximum Gasteiger partial charge on any atom is 0.340 e. The number of aliphatic hydroxyl groups is 1. The monoisotopic (exact) mass is 378 g/mol. The molecular formula is C22H18O6. The summed E-state index contributed by atoms with van der Waals surface area (Å²) in [5, 5.41) is 12.0. The van der Waals surface area contributed by atoms with Crippen LogP contribution in [0.1, 0.15) is 30.0 Å². The van der Waals surface area contributed by atoms with Gasteiger partial charge in [0.25, 0.3) is 5.79 Å². The fraction of sp³-hybridized carbons (Fsp3) is 0.182. The normalized spacial score (nSPS) is 22.2. The van der Waals surface area contributed by atoms with Gasteiger partial charge in [-0.3, -0.25) is 4.79 Å². The lowest BCUT2D eigenvalue weighted by atomic mass is 9.90. The van der Waals surface area contributed by atoms with E-state index in [2.05, 4.69) is 0 Å². The number of cyclic esters (lactones) is 1. The summed E-state index contributed by atoms with van der Waals surface area (Å²) in [5.74, 6) is -4.40.